The third-order valence-electron chi connectivity index (χ3n) is 4.49. The van der Waals surface area contributed by atoms with Crippen LogP contribution in [-0.2, 0) is 0 Å². The van der Waals surface area contributed by atoms with Crippen LogP contribution in [0.15, 0.2) is 53.6 Å². The molecule has 0 bridgehead atoms. The van der Waals surface area contributed by atoms with E-state index in [1.165, 1.54) is 17.7 Å². The van der Waals surface area contributed by atoms with Crippen LogP contribution >= 0.6 is 0 Å². The molecule has 0 amide bonds. The number of benzene rings is 2. The number of nitro groups is 2. The van der Waals surface area contributed by atoms with Gasteiger partial charge in [-0.25, -0.2) is 0 Å². The number of nitrogens with one attached hydrogen (secondary N) is 1. The topological polar surface area (TPSA) is 111 Å². The van der Waals surface area contributed by atoms with Gasteiger partial charge in [0, 0.05) is 11.8 Å². The van der Waals surface area contributed by atoms with Crippen LogP contribution < -0.4 is 5.43 Å². The SMILES string of the molecule is O=[N+]([O-])c1ccc(NN=C2CCCC(c3ccccc3)C2)c([N+](=O)[O-])c1. The van der Waals surface area contributed by atoms with E-state index in [9.17, 15) is 20.2 Å². The second kappa shape index (κ2) is 7.73. The van der Waals surface area contributed by atoms with Crippen LogP contribution in [0, 0.1) is 20.2 Å². The zero-order valence-corrected chi connectivity index (χ0v) is 14.0. The largest absolute Gasteiger partial charge is 0.301 e. The second-order valence-corrected chi connectivity index (χ2v) is 6.21. The number of rotatable bonds is 5. The zero-order valence-electron chi connectivity index (χ0n) is 14.0. The molecule has 1 fully saturated rings. The summed E-state index contributed by atoms with van der Waals surface area (Å²) < 4.78 is 0. The van der Waals surface area contributed by atoms with Gasteiger partial charge in [-0.2, -0.15) is 5.10 Å². The van der Waals surface area contributed by atoms with E-state index in [2.05, 4.69) is 22.7 Å². The summed E-state index contributed by atoms with van der Waals surface area (Å²) in [4.78, 5) is 20.7. The average molecular weight is 354 g/mol. The van der Waals surface area contributed by atoms with Crippen molar-refractivity contribution in [2.24, 2.45) is 5.10 Å². The van der Waals surface area contributed by atoms with Crippen LogP contribution in [0.4, 0.5) is 17.1 Å². The average Bonchev–Trinajstić information content (AvgIpc) is 2.67. The van der Waals surface area contributed by atoms with E-state index >= 15 is 0 Å². The fourth-order valence-corrected chi connectivity index (χ4v) is 3.17. The Morgan fingerprint density at radius 1 is 1.04 bits per heavy atom. The first-order valence-corrected chi connectivity index (χ1v) is 8.34. The number of hydrogen-bond donors (Lipinski definition) is 1. The number of hydrazone groups is 1. The van der Waals surface area contributed by atoms with Gasteiger partial charge in [0.05, 0.1) is 15.9 Å². The molecule has 134 valence electrons. The van der Waals surface area contributed by atoms with Gasteiger partial charge in [0.15, 0.2) is 0 Å². The summed E-state index contributed by atoms with van der Waals surface area (Å²) in [5.74, 6) is 0.386. The Kier molecular flexibility index (Phi) is 5.21. The molecule has 0 saturated heterocycles. The number of hydrogen-bond acceptors (Lipinski definition) is 6. The lowest BCUT2D eigenvalue weighted by molar-refractivity contribution is -0.393. The van der Waals surface area contributed by atoms with Crippen molar-refractivity contribution in [2.45, 2.75) is 31.6 Å². The molecule has 8 heteroatoms. The van der Waals surface area contributed by atoms with Crippen molar-refractivity contribution >= 4 is 22.8 Å². The second-order valence-electron chi connectivity index (χ2n) is 6.21. The molecule has 0 radical (unpaired) electrons. The summed E-state index contributed by atoms with van der Waals surface area (Å²) >= 11 is 0. The first-order valence-electron chi connectivity index (χ1n) is 8.34. The van der Waals surface area contributed by atoms with Crippen molar-refractivity contribution in [1.29, 1.82) is 0 Å². The van der Waals surface area contributed by atoms with Gasteiger partial charge < -0.3 is 0 Å². The molecular weight excluding hydrogens is 336 g/mol. The van der Waals surface area contributed by atoms with Gasteiger partial charge in [-0.05, 0) is 43.2 Å². The minimum Gasteiger partial charge on any atom is -0.272 e. The van der Waals surface area contributed by atoms with Crippen LogP contribution in [0.3, 0.4) is 0 Å². The van der Waals surface area contributed by atoms with Crippen molar-refractivity contribution in [3.8, 4) is 0 Å². The molecule has 1 saturated carbocycles. The molecule has 0 aromatic heterocycles. The summed E-state index contributed by atoms with van der Waals surface area (Å²) in [7, 11) is 0. The molecule has 2 aromatic rings. The van der Waals surface area contributed by atoms with Crippen LogP contribution in [0.2, 0.25) is 0 Å². The highest BCUT2D eigenvalue weighted by molar-refractivity contribution is 5.87. The Hall–Kier alpha value is -3.29. The van der Waals surface area contributed by atoms with Gasteiger partial charge in [0.2, 0.25) is 0 Å². The summed E-state index contributed by atoms with van der Waals surface area (Å²) in [6, 6.07) is 13.7. The minimum atomic E-state index is -0.658. The Labute approximate surface area is 149 Å². The summed E-state index contributed by atoms with van der Waals surface area (Å²) in [6.45, 7) is 0. The van der Waals surface area contributed by atoms with E-state index in [0.717, 1.165) is 37.5 Å². The smallest absolute Gasteiger partial charge is 0.272 e. The van der Waals surface area contributed by atoms with Crippen molar-refractivity contribution < 1.29 is 9.85 Å². The third-order valence-corrected chi connectivity index (χ3v) is 4.49. The lowest BCUT2D eigenvalue weighted by atomic mass is 9.83. The first-order chi connectivity index (χ1) is 12.5. The van der Waals surface area contributed by atoms with Gasteiger partial charge in [-0.1, -0.05) is 30.3 Å². The highest BCUT2D eigenvalue weighted by Crippen LogP contribution is 2.32. The number of nitro benzene ring substituents is 2. The third kappa shape index (κ3) is 4.02. The standard InChI is InChI=1S/C18H18N4O4/c23-21(24)16-9-10-17(18(12-16)22(25)26)20-19-15-8-4-7-14(11-15)13-5-2-1-3-6-13/h1-3,5-6,9-10,12,14,20H,4,7-8,11H2. The monoisotopic (exact) mass is 354 g/mol. The highest BCUT2D eigenvalue weighted by Gasteiger charge is 2.22. The van der Waals surface area contributed by atoms with E-state index in [0.29, 0.717) is 5.92 Å². The van der Waals surface area contributed by atoms with E-state index in [-0.39, 0.29) is 17.1 Å². The maximum absolute atomic E-state index is 11.2. The number of non-ortho nitro benzene ring substituents is 1. The zero-order chi connectivity index (χ0) is 18.5. The van der Waals surface area contributed by atoms with E-state index < -0.39 is 9.85 Å². The van der Waals surface area contributed by atoms with Crippen LogP contribution in [0.1, 0.15) is 37.2 Å². The van der Waals surface area contributed by atoms with E-state index in [1.807, 2.05) is 18.2 Å². The molecule has 3 rings (SSSR count). The maximum Gasteiger partial charge on any atom is 0.301 e. The fraction of sp³-hybridized carbons (Fsp3) is 0.278. The Morgan fingerprint density at radius 3 is 2.50 bits per heavy atom. The molecule has 0 spiro atoms. The molecule has 26 heavy (non-hydrogen) atoms. The summed E-state index contributed by atoms with van der Waals surface area (Å²) in [5.41, 5.74) is 4.40. The molecule has 1 aliphatic rings. The van der Waals surface area contributed by atoms with Crippen molar-refractivity contribution in [2.75, 3.05) is 5.43 Å². The van der Waals surface area contributed by atoms with Gasteiger partial charge in [-0.15, -0.1) is 0 Å². The predicted octanol–water partition coefficient (Wildman–Crippen LogP) is 4.63. The molecule has 8 nitrogen and oxygen atoms in total. The molecule has 0 aliphatic heterocycles. The van der Waals surface area contributed by atoms with Crippen LogP contribution in [0.5, 0.6) is 0 Å². The van der Waals surface area contributed by atoms with Crippen LogP contribution in [-0.4, -0.2) is 15.6 Å². The van der Waals surface area contributed by atoms with Gasteiger partial charge in [0.25, 0.3) is 5.69 Å². The quantitative estimate of drug-likeness (QED) is 0.621. The molecule has 2 aromatic carbocycles. The van der Waals surface area contributed by atoms with Gasteiger partial charge >= 0.3 is 5.69 Å². The molecule has 1 aliphatic carbocycles. The lowest BCUT2D eigenvalue weighted by Crippen LogP contribution is -2.15. The highest BCUT2D eigenvalue weighted by atomic mass is 16.6. The van der Waals surface area contributed by atoms with Crippen molar-refractivity contribution in [3.63, 3.8) is 0 Å². The predicted molar refractivity (Wildman–Crippen MR) is 98.5 cm³/mol. The van der Waals surface area contributed by atoms with Gasteiger partial charge in [0.1, 0.15) is 5.69 Å². The molecule has 0 heterocycles. The Morgan fingerprint density at radius 2 is 1.81 bits per heavy atom. The summed E-state index contributed by atoms with van der Waals surface area (Å²) in [6.07, 6.45) is 3.71. The maximum atomic E-state index is 11.2. The Bertz CT molecular complexity index is 852. The molecule has 1 unspecified atom stereocenters. The van der Waals surface area contributed by atoms with E-state index in [4.69, 9.17) is 0 Å². The first kappa shape index (κ1) is 17.5. The summed E-state index contributed by atoms with van der Waals surface area (Å²) in [5, 5.41) is 26.3. The Balaban J connectivity index is 1.77. The fourth-order valence-electron chi connectivity index (χ4n) is 3.17. The minimum absolute atomic E-state index is 0.148. The number of nitrogens with zero attached hydrogens (tertiary/aromatic N) is 3. The normalized spacial score (nSPS) is 18.5. The van der Waals surface area contributed by atoms with Crippen LogP contribution in [0.25, 0.3) is 0 Å². The molecule has 1 atom stereocenters. The molecular formula is C18H18N4O4. The van der Waals surface area contributed by atoms with Gasteiger partial charge in [-0.3, -0.25) is 25.7 Å². The lowest BCUT2D eigenvalue weighted by Gasteiger charge is -2.23. The van der Waals surface area contributed by atoms with E-state index in [1.54, 1.807) is 0 Å². The van der Waals surface area contributed by atoms with Crippen molar-refractivity contribution in [1.82, 2.24) is 0 Å². The van der Waals surface area contributed by atoms with Crippen molar-refractivity contribution in [3.05, 3.63) is 74.3 Å². The number of anilines is 1. The molecule has 1 N–H and O–H groups in total.